The minimum absolute atomic E-state index is 0.705. The lowest BCUT2D eigenvalue weighted by atomic mass is 10.3. The van der Waals surface area contributed by atoms with Crippen LogP contribution >= 0.6 is 0 Å². The van der Waals surface area contributed by atoms with Crippen molar-refractivity contribution in [3.05, 3.63) is 30.5 Å². The molecule has 1 aromatic heterocycles. The van der Waals surface area contributed by atoms with Gasteiger partial charge in [0.15, 0.2) is 11.7 Å². The maximum atomic E-state index is 5.30. The highest BCUT2D eigenvalue weighted by atomic mass is 16.4. The minimum Gasteiger partial charge on any atom is -0.441 e. The van der Waals surface area contributed by atoms with Gasteiger partial charge in [-0.15, -0.1) is 0 Å². The Bertz CT molecular complexity index is 248. The van der Waals surface area contributed by atoms with Crippen LogP contribution in [0.4, 0.5) is 0 Å². The van der Waals surface area contributed by atoms with Gasteiger partial charge in [0.1, 0.15) is 5.69 Å². The van der Waals surface area contributed by atoms with Gasteiger partial charge in [0.05, 0.1) is 0 Å². The van der Waals surface area contributed by atoms with Gasteiger partial charge in [-0.2, -0.15) is 0 Å². The van der Waals surface area contributed by atoms with E-state index in [1.165, 1.54) is 0 Å². The smallest absolute Gasteiger partial charge is 0.195 e. The lowest BCUT2D eigenvalue weighted by Crippen LogP contribution is -1.77. The molecule has 1 heterocycles. The van der Waals surface area contributed by atoms with E-state index in [1.54, 1.807) is 12.2 Å². The molecule has 0 aliphatic rings. The summed E-state index contributed by atoms with van der Waals surface area (Å²) in [6.45, 7) is 13.2. The van der Waals surface area contributed by atoms with Crippen LogP contribution in [0.1, 0.15) is 38.1 Å². The SMILES string of the molecule is C=Cc1nc(CC)oc1C=C.CC. The molecule has 1 aromatic rings. The van der Waals surface area contributed by atoms with E-state index in [0.717, 1.165) is 18.0 Å². The monoisotopic (exact) mass is 179 g/mol. The molecule has 0 aromatic carbocycles. The first-order chi connectivity index (χ1) is 6.31. The molecule has 0 aliphatic carbocycles. The molecule has 0 N–H and O–H groups in total. The highest BCUT2D eigenvalue weighted by molar-refractivity contribution is 5.55. The van der Waals surface area contributed by atoms with Crippen LogP contribution in [0.25, 0.3) is 12.2 Å². The summed E-state index contributed by atoms with van der Waals surface area (Å²) < 4.78 is 5.30. The lowest BCUT2D eigenvalue weighted by Gasteiger charge is -1.82. The van der Waals surface area contributed by atoms with Crippen LogP contribution < -0.4 is 0 Å². The Kier molecular flexibility index (Phi) is 5.60. The van der Waals surface area contributed by atoms with E-state index in [4.69, 9.17) is 4.42 Å². The van der Waals surface area contributed by atoms with E-state index in [1.807, 2.05) is 20.8 Å². The van der Waals surface area contributed by atoms with Crippen LogP contribution in [-0.4, -0.2) is 4.98 Å². The number of rotatable bonds is 3. The summed E-state index contributed by atoms with van der Waals surface area (Å²) >= 11 is 0. The molecule has 0 aliphatic heterocycles. The quantitative estimate of drug-likeness (QED) is 0.709. The highest BCUT2D eigenvalue weighted by Crippen LogP contribution is 2.13. The molecule has 0 saturated heterocycles. The third-order valence-corrected chi connectivity index (χ3v) is 1.41. The fourth-order valence-corrected chi connectivity index (χ4v) is 0.835. The van der Waals surface area contributed by atoms with Crippen LogP contribution in [0, 0.1) is 0 Å². The largest absolute Gasteiger partial charge is 0.441 e. The Morgan fingerprint density at radius 1 is 1.31 bits per heavy atom. The predicted octanol–water partition coefficient (Wildman–Crippen LogP) is 3.55. The number of hydrogen-bond donors (Lipinski definition) is 0. The zero-order valence-corrected chi connectivity index (χ0v) is 8.63. The molecule has 0 radical (unpaired) electrons. The molecule has 1 rings (SSSR count). The Balaban J connectivity index is 0.000000671. The summed E-state index contributed by atoms with van der Waals surface area (Å²) in [4.78, 5) is 4.16. The van der Waals surface area contributed by atoms with E-state index >= 15 is 0 Å². The second-order valence-electron chi connectivity index (χ2n) is 2.12. The predicted molar refractivity (Wildman–Crippen MR) is 57.4 cm³/mol. The molecule has 0 spiro atoms. The van der Waals surface area contributed by atoms with Crippen molar-refractivity contribution in [2.75, 3.05) is 0 Å². The molecule has 0 unspecified atom stereocenters. The average molecular weight is 179 g/mol. The van der Waals surface area contributed by atoms with E-state index in [0.29, 0.717) is 5.76 Å². The van der Waals surface area contributed by atoms with Crippen molar-refractivity contribution < 1.29 is 4.42 Å². The van der Waals surface area contributed by atoms with Crippen LogP contribution in [0.5, 0.6) is 0 Å². The fraction of sp³-hybridized carbons (Fsp3) is 0.364. The summed E-state index contributed by atoms with van der Waals surface area (Å²) in [7, 11) is 0. The van der Waals surface area contributed by atoms with E-state index < -0.39 is 0 Å². The Morgan fingerprint density at radius 2 is 1.92 bits per heavy atom. The molecule has 13 heavy (non-hydrogen) atoms. The summed E-state index contributed by atoms with van der Waals surface area (Å²) in [5, 5.41) is 0. The van der Waals surface area contributed by atoms with Crippen molar-refractivity contribution in [1.82, 2.24) is 4.98 Å². The van der Waals surface area contributed by atoms with Gasteiger partial charge >= 0.3 is 0 Å². The normalized spacial score (nSPS) is 8.54. The minimum atomic E-state index is 0.705. The first-order valence-corrected chi connectivity index (χ1v) is 4.56. The zero-order valence-electron chi connectivity index (χ0n) is 8.63. The first kappa shape index (κ1) is 11.7. The first-order valence-electron chi connectivity index (χ1n) is 4.56. The topological polar surface area (TPSA) is 26.0 Å². The van der Waals surface area contributed by atoms with E-state index in [-0.39, 0.29) is 0 Å². The molecular formula is C11H17NO. The maximum absolute atomic E-state index is 5.30. The third-order valence-electron chi connectivity index (χ3n) is 1.41. The molecule has 0 fully saturated rings. The number of aromatic nitrogens is 1. The second kappa shape index (κ2) is 6.23. The number of oxazole rings is 1. The van der Waals surface area contributed by atoms with Crippen molar-refractivity contribution in [3.63, 3.8) is 0 Å². The van der Waals surface area contributed by atoms with Gasteiger partial charge in [-0.3, -0.25) is 0 Å². The molecule has 72 valence electrons. The Morgan fingerprint density at radius 3 is 2.23 bits per heavy atom. The van der Waals surface area contributed by atoms with Crippen molar-refractivity contribution in [3.8, 4) is 0 Å². The second-order valence-corrected chi connectivity index (χ2v) is 2.12. The van der Waals surface area contributed by atoms with Crippen LogP contribution in [-0.2, 0) is 6.42 Å². The van der Waals surface area contributed by atoms with Crippen molar-refractivity contribution in [2.45, 2.75) is 27.2 Å². The highest BCUT2D eigenvalue weighted by Gasteiger charge is 2.04. The lowest BCUT2D eigenvalue weighted by molar-refractivity contribution is 0.494. The van der Waals surface area contributed by atoms with Gasteiger partial charge in [-0.1, -0.05) is 33.9 Å². The van der Waals surface area contributed by atoms with Crippen LogP contribution in [0.3, 0.4) is 0 Å². The Labute approximate surface area is 80.0 Å². The number of aryl methyl sites for hydroxylation is 1. The van der Waals surface area contributed by atoms with Gasteiger partial charge < -0.3 is 4.42 Å². The summed E-state index contributed by atoms with van der Waals surface area (Å²) in [6.07, 6.45) is 4.11. The maximum Gasteiger partial charge on any atom is 0.195 e. The summed E-state index contributed by atoms with van der Waals surface area (Å²) in [5.41, 5.74) is 0.775. The molecule has 0 atom stereocenters. The molecule has 0 bridgehead atoms. The van der Waals surface area contributed by atoms with Crippen molar-refractivity contribution in [1.29, 1.82) is 0 Å². The summed E-state index contributed by atoms with van der Waals surface area (Å²) in [5.74, 6) is 1.44. The molecule has 0 saturated carbocycles. The zero-order chi connectivity index (χ0) is 10.3. The van der Waals surface area contributed by atoms with Crippen molar-refractivity contribution in [2.24, 2.45) is 0 Å². The van der Waals surface area contributed by atoms with Gasteiger partial charge in [0.2, 0.25) is 0 Å². The fourth-order valence-electron chi connectivity index (χ4n) is 0.835. The number of hydrogen-bond acceptors (Lipinski definition) is 2. The van der Waals surface area contributed by atoms with Gasteiger partial charge in [0.25, 0.3) is 0 Å². The third kappa shape index (κ3) is 2.90. The van der Waals surface area contributed by atoms with Gasteiger partial charge in [-0.25, -0.2) is 4.98 Å². The van der Waals surface area contributed by atoms with Gasteiger partial charge in [0, 0.05) is 6.42 Å². The number of nitrogens with zero attached hydrogens (tertiary/aromatic N) is 1. The van der Waals surface area contributed by atoms with Crippen molar-refractivity contribution >= 4 is 12.2 Å². The van der Waals surface area contributed by atoms with E-state index in [9.17, 15) is 0 Å². The summed E-state index contributed by atoms with van der Waals surface area (Å²) in [6, 6.07) is 0. The standard InChI is InChI=1S/C9H11NO.C2H6/c1-4-7-8(5-2)11-9(6-3)10-7;1-2/h4-5H,1-2,6H2,3H3;1-2H3. The molecular weight excluding hydrogens is 162 g/mol. The molecule has 2 heteroatoms. The average Bonchev–Trinajstić information content (AvgIpc) is 2.63. The molecule has 0 amide bonds. The van der Waals surface area contributed by atoms with Gasteiger partial charge in [-0.05, 0) is 12.2 Å². The van der Waals surface area contributed by atoms with Crippen LogP contribution in [0.2, 0.25) is 0 Å². The van der Waals surface area contributed by atoms with Crippen LogP contribution in [0.15, 0.2) is 17.6 Å². The molecule has 2 nitrogen and oxygen atoms in total. The van der Waals surface area contributed by atoms with E-state index in [2.05, 4.69) is 18.1 Å². The Hall–Kier alpha value is -1.31.